The highest BCUT2D eigenvalue weighted by Crippen LogP contribution is 2.53. The van der Waals surface area contributed by atoms with E-state index in [1.807, 2.05) is 0 Å². The van der Waals surface area contributed by atoms with E-state index < -0.39 is 0 Å². The molecule has 0 bridgehead atoms. The van der Waals surface area contributed by atoms with Crippen LogP contribution in [0, 0.1) is 5.41 Å². The summed E-state index contributed by atoms with van der Waals surface area (Å²) < 4.78 is 0. The third kappa shape index (κ3) is 1.26. The lowest BCUT2D eigenvalue weighted by Crippen LogP contribution is -2.15. The van der Waals surface area contributed by atoms with E-state index in [9.17, 15) is 4.79 Å². The van der Waals surface area contributed by atoms with Crippen LogP contribution in [0.1, 0.15) is 38.5 Å². The number of carbonyl (C=O) groups excluding carboxylic acids is 1. The van der Waals surface area contributed by atoms with Crippen LogP contribution in [0.25, 0.3) is 0 Å². The predicted octanol–water partition coefficient (Wildman–Crippen LogP) is 3.33. The van der Waals surface area contributed by atoms with Gasteiger partial charge in [-0.3, -0.25) is 4.79 Å². The first-order chi connectivity index (χ1) is 7.32. The van der Waals surface area contributed by atoms with Gasteiger partial charge >= 0.3 is 0 Å². The van der Waals surface area contributed by atoms with Gasteiger partial charge in [-0.15, -0.1) is 0 Å². The van der Waals surface area contributed by atoms with Gasteiger partial charge in [0.1, 0.15) is 0 Å². The minimum Gasteiger partial charge on any atom is -0.294 e. The Morgan fingerprint density at radius 1 is 1.13 bits per heavy atom. The lowest BCUT2D eigenvalue weighted by Gasteiger charge is -2.24. The van der Waals surface area contributed by atoms with E-state index in [0.717, 1.165) is 18.4 Å². The molecule has 0 aromatic carbocycles. The number of carbonyl (C=O) groups is 1. The van der Waals surface area contributed by atoms with Gasteiger partial charge in [0.25, 0.3) is 0 Å². The van der Waals surface area contributed by atoms with Gasteiger partial charge in [0.05, 0.1) is 0 Å². The summed E-state index contributed by atoms with van der Waals surface area (Å²) in [6.45, 7) is 0. The van der Waals surface area contributed by atoms with Crippen LogP contribution < -0.4 is 0 Å². The summed E-state index contributed by atoms with van der Waals surface area (Å²) in [6, 6.07) is 0. The van der Waals surface area contributed by atoms with E-state index in [1.165, 1.54) is 31.3 Å². The number of Topliss-reactive ketones (excluding diaryl/α,β-unsaturated/α-hetero) is 1. The van der Waals surface area contributed by atoms with E-state index in [1.54, 1.807) is 0 Å². The van der Waals surface area contributed by atoms with E-state index >= 15 is 0 Å². The Balaban J connectivity index is 2.08. The quantitative estimate of drug-likeness (QED) is 0.586. The van der Waals surface area contributed by atoms with Crippen LogP contribution in [0.3, 0.4) is 0 Å². The summed E-state index contributed by atoms with van der Waals surface area (Å²) >= 11 is 0. The van der Waals surface area contributed by atoms with Crippen molar-refractivity contribution in [2.75, 3.05) is 0 Å². The van der Waals surface area contributed by atoms with Crippen LogP contribution in [0.2, 0.25) is 0 Å². The zero-order valence-electron chi connectivity index (χ0n) is 8.96. The van der Waals surface area contributed by atoms with Crippen LogP contribution in [-0.4, -0.2) is 5.78 Å². The second-order valence-electron chi connectivity index (χ2n) is 4.97. The van der Waals surface area contributed by atoms with Crippen molar-refractivity contribution < 1.29 is 4.79 Å². The average Bonchev–Trinajstić information content (AvgIpc) is 2.67. The third-order valence-electron chi connectivity index (χ3n) is 4.12. The third-order valence-corrected chi connectivity index (χ3v) is 4.12. The van der Waals surface area contributed by atoms with Crippen molar-refractivity contribution in [2.45, 2.75) is 38.5 Å². The molecule has 0 amide bonds. The molecule has 3 aliphatic rings. The molecule has 1 saturated carbocycles. The number of rotatable bonds is 0. The van der Waals surface area contributed by atoms with Crippen LogP contribution in [0.15, 0.2) is 35.5 Å². The molecular formula is C14H16O. The zero-order chi connectivity index (χ0) is 10.3. The SMILES string of the molecule is O=C1CC2(CCCC2)C2=C1CC=CC=C2. The van der Waals surface area contributed by atoms with Gasteiger partial charge in [-0.05, 0) is 24.8 Å². The molecule has 15 heavy (non-hydrogen) atoms. The first-order valence-corrected chi connectivity index (χ1v) is 5.92. The normalized spacial score (nSPS) is 27.6. The van der Waals surface area contributed by atoms with E-state index in [0.29, 0.717) is 5.78 Å². The molecule has 0 atom stereocenters. The van der Waals surface area contributed by atoms with Crippen molar-refractivity contribution in [1.29, 1.82) is 0 Å². The fourth-order valence-electron chi connectivity index (χ4n) is 3.39. The first kappa shape index (κ1) is 9.14. The van der Waals surface area contributed by atoms with E-state index in [2.05, 4.69) is 24.3 Å². The Hall–Kier alpha value is -1.11. The molecule has 1 spiro atoms. The molecule has 3 rings (SSSR count). The zero-order valence-corrected chi connectivity index (χ0v) is 8.96. The van der Waals surface area contributed by atoms with E-state index in [-0.39, 0.29) is 5.41 Å². The maximum atomic E-state index is 12.0. The summed E-state index contributed by atoms with van der Waals surface area (Å²) in [5.41, 5.74) is 2.71. The Morgan fingerprint density at radius 3 is 2.73 bits per heavy atom. The number of fused-ring (bicyclic) bond motifs is 1. The standard InChI is InChI=1S/C14H16O/c15-13-10-14(8-4-5-9-14)12-7-3-1-2-6-11(12)13/h1-3,7H,4-6,8-10H2. The molecule has 1 heteroatoms. The first-order valence-electron chi connectivity index (χ1n) is 5.92. The largest absolute Gasteiger partial charge is 0.294 e. The smallest absolute Gasteiger partial charge is 0.160 e. The second kappa shape index (κ2) is 3.19. The summed E-state index contributed by atoms with van der Waals surface area (Å²) in [4.78, 5) is 12.0. The van der Waals surface area contributed by atoms with Gasteiger partial charge in [0, 0.05) is 17.4 Å². The highest BCUT2D eigenvalue weighted by molar-refractivity contribution is 6.01. The maximum Gasteiger partial charge on any atom is 0.160 e. The van der Waals surface area contributed by atoms with E-state index in [4.69, 9.17) is 0 Å². The molecule has 1 nitrogen and oxygen atoms in total. The number of ketones is 1. The van der Waals surface area contributed by atoms with Crippen LogP contribution >= 0.6 is 0 Å². The Labute approximate surface area is 90.6 Å². The van der Waals surface area contributed by atoms with Gasteiger partial charge in [-0.1, -0.05) is 37.1 Å². The highest BCUT2D eigenvalue weighted by atomic mass is 16.1. The molecular weight excluding hydrogens is 184 g/mol. The van der Waals surface area contributed by atoms with Crippen molar-refractivity contribution in [1.82, 2.24) is 0 Å². The topological polar surface area (TPSA) is 17.1 Å². The van der Waals surface area contributed by atoms with Gasteiger partial charge in [0.2, 0.25) is 0 Å². The van der Waals surface area contributed by atoms with Gasteiger partial charge in [-0.2, -0.15) is 0 Å². The molecule has 0 heterocycles. The minimum absolute atomic E-state index is 0.245. The van der Waals surface area contributed by atoms with Gasteiger partial charge in [0.15, 0.2) is 5.78 Å². The Morgan fingerprint density at radius 2 is 1.93 bits per heavy atom. The van der Waals surface area contributed by atoms with Crippen LogP contribution in [0.5, 0.6) is 0 Å². The summed E-state index contributed by atoms with van der Waals surface area (Å²) in [5.74, 6) is 0.406. The average molecular weight is 200 g/mol. The lowest BCUT2D eigenvalue weighted by atomic mass is 9.79. The van der Waals surface area contributed by atoms with Gasteiger partial charge < -0.3 is 0 Å². The maximum absolute atomic E-state index is 12.0. The van der Waals surface area contributed by atoms with Crippen molar-refractivity contribution >= 4 is 5.78 Å². The predicted molar refractivity (Wildman–Crippen MR) is 60.4 cm³/mol. The Kier molecular flexibility index (Phi) is 1.95. The number of hydrogen-bond donors (Lipinski definition) is 0. The second-order valence-corrected chi connectivity index (χ2v) is 4.97. The molecule has 0 saturated heterocycles. The van der Waals surface area contributed by atoms with Crippen molar-refractivity contribution in [3.8, 4) is 0 Å². The monoisotopic (exact) mass is 200 g/mol. The van der Waals surface area contributed by atoms with Gasteiger partial charge in [-0.25, -0.2) is 0 Å². The molecule has 0 aromatic rings. The highest BCUT2D eigenvalue weighted by Gasteiger charge is 2.45. The van der Waals surface area contributed by atoms with Crippen LogP contribution in [0.4, 0.5) is 0 Å². The summed E-state index contributed by atoms with van der Waals surface area (Å²) in [5, 5.41) is 0. The molecule has 0 radical (unpaired) electrons. The number of allylic oxidation sites excluding steroid dienone is 6. The van der Waals surface area contributed by atoms with Crippen molar-refractivity contribution in [3.63, 3.8) is 0 Å². The molecule has 0 aliphatic heterocycles. The van der Waals surface area contributed by atoms with Crippen LogP contribution in [-0.2, 0) is 4.79 Å². The molecule has 0 N–H and O–H groups in total. The molecule has 0 unspecified atom stereocenters. The fourth-order valence-corrected chi connectivity index (χ4v) is 3.39. The fraction of sp³-hybridized carbons (Fsp3) is 0.500. The molecule has 3 aliphatic carbocycles. The summed E-state index contributed by atoms with van der Waals surface area (Å²) in [7, 11) is 0. The Bertz CT molecular complexity index is 390. The summed E-state index contributed by atoms with van der Waals surface area (Å²) in [6.07, 6.45) is 15.1. The van der Waals surface area contributed by atoms with Crippen molar-refractivity contribution in [3.05, 3.63) is 35.5 Å². The minimum atomic E-state index is 0.245. The lowest BCUT2D eigenvalue weighted by molar-refractivity contribution is -0.116. The number of hydrogen-bond acceptors (Lipinski definition) is 1. The molecule has 0 aromatic heterocycles. The molecule has 78 valence electrons. The van der Waals surface area contributed by atoms with Crippen molar-refractivity contribution in [2.24, 2.45) is 5.41 Å². The molecule has 1 fully saturated rings.